The second-order valence-electron chi connectivity index (χ2n) is 5.00. The van der Waals surface area contributed by atoms with Crippen LogP contribution in [0.15, 0.2) is 59.8 Å². The zero-order chi connectivity index (χ0) is 16.1. The Morgan fingerprint density at radius 2 is 1.70 bits per heavy atom. The second-order valence-corrected chi connectivity index (χ2v) is 5.39. The molecule has 1 aliphatic rings. The molecule has 2 aromatic rings. The lowest BCUT2D eigenvalue weighted by molar-refractivity contribution is 0.233. The summed E-state index contributed by atoms with van der Waals surface area (Å²) < 4.78 is 15.7. The first-order valence-electron chi connectivity index (χ1n) is 7.22. The molecule has 0 fully saturated rings. The third-order valence-electron chi connectivity index (χ3n) is 3.62. The van der Waals surface area contributed by atoms with Gasteiger partial charge in [0.15, 0.2) is 0 Å². The van der Waals surface area contributed by atoms with Crippen LogP contribution in [0.1, 0.15) is 11.1 Å². The molecule has 0 N–H and O–H groups in total. The predicted octanol–water partition coefficient (Wildman–Crippen LogP) is 4.37. The summed E-state index contributed by atoms with van der Waals surface area (Å²) in [4.78, 5) is 0. The van der Waals surface area contributed by atoms with E-state index >= 15 is 0 Å². The number of rotatable bonds is 6. The lowest BCUT2D eigenvalue weighted by Crippen LogP contribution is -2.00. The molecule has 0 radical (unpaired) electrons. The Bertz CT molecular complexity index is 756. The molecule has 0 heterocycles. The summed E-state index contributed by atoms with van der Waals surface area (Å²) in [5.41, 5.74) is 5.26. The van der Waals surface area contributed by atoms with Gasteiger partial charge in [0, 0.05) is 18.2 Å². The molecule has 0 aromatic heterocycles. The van der Waals surface area contributed by atoms with E-state index in [2.05, 4.69) is 23.4 Å². The predicted molar refractivity (Wildman–Crippen MR) is 99.1 cm³/mol. The highest BCUT2D eigenvalue weighted by Crippen LogP contribution is 2.38. The number of hydrogen-bond acceptors (Lipinski definition) is 4. The normalized spacial score (nSPS) is 14.1. The van der Waals surface area contributed by atoms with Crippen LogP contribution in [-0.2, 0) is 7.90 Å². The van der Waals surface area contributed by atoms with Gasteiger partial charge in [-0.3, -0.25) is 0 Å². The van der Waals surface area contributed by atoms with Crippen molar-refractivity contribution in [3.05, 3.63) is 65.7 Å². The molecule has 23 heavy (non-hydrogen) atoms. The number of nitrogens with zero attached hydrogens (tertiary/aromatic N) is 1. The van der Waals surface area contributed by atoms with E-state index in [9.17, 15) is 0 Å². The minimum atomic E-state index is 0.504. The van der Waals surface area contributed by atoms with Gasteiger partial charge in [0.25, 0.3) is 0 Å². The van der Waals surface area contributed by atoms with Crippen LogP contribution in [0.25, 0.3) is 11.1 Å². The number of hydrogen-bond donors (Lipinski definition) is 0. The van der Waals surface area contributed by atoms with E-state index in [0.29, 0.717) is 13.2 Å². The molecule has 0 spiro atoms. The highest BCUT2D eigenvalue weighted by atomic mass is 127. The van der Waals surface area contributed by atoms with E-state index in [4.69, 9.17) is 12.6 Å². The fraction of sp³-hybridized carbons (Fsp3) is 0.167. The zero-order valence-corrected chi connectivity index (χ0v) is 14.8. The maximum atomic E-state index is 5.76. The molecular formula is C18H16INO3. The molecule has 1 aliphatic carbocycles. The average Bonchev–Trinajstić information content (AvgIpc) is 2.89. The van der Waals surface area contributed by atoms with E-state index < -0.39 is 0 Å². The molecule has 0 aliphatic heterocycles. The molecule has 0 saturated carbocycles. The summed E-state index contributed by atoms with van der Waals surface area (Å²) >= 11 is 1.78. The van der Waals surface area contributed by atoms with Gasteiger partial charge in [-0.05, 0) is 35.4 Å². The van der Waals surface area contributed by atoms with Crippen LogP contribution in [0.2, 0.25) is 0 Å². The third-order valence-corrected chi connectivity index (χ3v) is 3.82. The van der Waals surface area contributed by atoms with Crippen molar-refractivity contribution in [3.8, 4) is 16.9 Å². The Balaban J connectivity index is 1.87. The lowest BCUT2D eigenvalue weighted by Gasteiger charge is -2.06. The summed E-state index contributed by atoms with van der Waals surface area (Å²) in [5, 5.41) is 4.19. The first-order chi connectivity index (χ1) is 11.3. The van der Waals surface area contributed by atoms with Crippen molar-refractivity contribution in [1.29, 1.82) is 0 Å². The van der Waals surface area contributed by atoms with Crippen LogP contribution in [0.5, 0.6) is 5.75 Å². The fourth-order valence-electron chi connectivity index (χ4n) is 2.62. The van der Waals surface area contributed by atoms with Gasteiger partial charge in [-0.2, -0.15) is 0 Å². The Kier molecular flexibility index (Phi) is 5.30. The van der Waals surface area contributed by atoms with Crippen LogP contribution in [0, 0.1) is 0 Å². The number of fused-ring (bicyclic) bond motifs is 3. The standard InChI is InChI=1S/C18H16INO3/c1-21-10-4-5-11-22-13-8-9-15-14-6-2-3-7-16(14)18(20-23-19)17(15)12-13/h2-9,12H,10-11H2,1H3/b5-4-,20-18-. The number of methoxy groups -OCH3 is 1. The van der Waals surface area contributed by atoms with E-state index in [-0.39, 0.29) is 0 Å². The summed E-state index contributed by atoms with van der Waals surface area (Å²) in [6, 6.07) is 14.2. The van der Waals surface area contributed by atoms with E-state index in [1.807, 2.05) is 36.4 Å². The quantitative estimate of drug-likeness (QED) is 0.337. The number of ether oxygens (including phenoxy) is 2. The largest absolute Gasteiger partial charge is 0.490 e. The summed E-state index contributed by atoms with van der Waals surface area (Å²) in [6.07, 6.45) is 3.87. The van der Waals surface area contributed by atoms with Crippen LogP contribution in [-0.4, -0.2) is 26.0 Å². The monoisotopic (exact) mass is 421 g/mol. The van der Waals surface area contributed by atoms with Crippen molar-refractivity contribution in [2.45, 2.75) is 0 Å². The molecule has 4 nitrogen and oxygen atoms in total. The van der Waals surface area contributed by atoms with Crippen molar-refractivity contribution in [3.63, 3.8) is 0 Å². The van der Waals surface area contributed by atoms with Gasteiger partial charge < -0.3 is 12.6 Å². The Morgan fingerprint density at radius 1 is 0.957 bits per heavy atom. The maximum Gasteiger partial charge on any atom is 0.230 e. The Labute approximate surface area is 149 Å². The highest BCUT2D eigenvalue weighted by Gasteiger charge is 2.25. The molecule has 5 heteroatoms. The van der Waals surface area contributed by atoms with Crippen LogP contribution in [0.3, 0.4) is 0 Å². The van der Waals surface area contributed by atoms with Gasteiger partial charge in [-0.15, -0.1) is 0 Å². The molecule has 0 amide bonds. The van der Waals surface area contributed by atoms with E-state index in [0.717, 1.165) is 28.2 Å². The van der Waals surface area contributed by atoms with E-state index in [1.165, 1.54) is 5.56 Å². The first-order valence-corrected chi connectivity index (χ1v) is 8.10. The Hall–Kier alpha value is -1.86. The smallest absolute Gasteiger partial charge is 0.230 e. The lowest BCUT2D eigenvalue weighted by atomic mass is 10.1. The molecule has 118 valence electrons. The fourth-order valence-corrected chi connectivity index (χ4v) is 2.82. The number of benzene rings is 2. The molecule has 0 unspecified atom stereocenters. The molecule has 2 aromatic carbocycles. The SMILES string of the molecule is COC/C=C\COc1ccc2c(c1)/C(=N\OI)c1ccccc1-2. The molecule has 0 saturated heterocycles. The van der Waals surface area contributed by atoms with Crippen LogP contribution < -0.4 is 4.74 Å². The van der Waals surface area contributed by atoms with Gasteiger partial charge in [0.1, 0.15) is 18.1 Å². The van der Waals surface area contributed by atoms with Crippen LogP contribution in [0.4, 0.5) is 0 Å². The van der Waals surface area contributed by atoms with Crippen LogP contribution >= 0.6 is 23.0 Å². The number of halogens is 1. The number of oxime groups is 1. The van der Waals surface area contributed by atoms with Crippen molar-refractivity contribution in [2.24, 2.45) is 5.16 Å². The molecule has 3 rings (SSSR count). The average molecular weight is 421 g/mol. The van der Waals surface area contributed by atoms with Gasteiger partial charge in [-0.25, -0.2) is 0 Å². The van der Waals surface area contributed by atoms with Gasteiger partial charge in [0.2, 0.25) is 23.0 Å². The van der Waals surface area contributed by atoms with Crippen molar-refractivity contribution in [2.75, 3.05) is 20.3 Å². The second kappa shape index (κ2) is 7.61. The van der Waals surface area contributed by atoms with Gasteiger partial charge >= 0.3 is 0 Å². The minimum absolute atomic E-state index is 0.504. The summed E-state index contributed by atoms with van der Waals surface area (Å²) in [6.45, 7) is 1.09. The Morgan fingerprint density at radius 3 is 2.48 bits per heavy atom. The molecule has 0 bridgehead atoms. The maximum absolute atomic E-state index is 5.76. The van der Waals surface area contributed by atoms with Crippen molar-refractivity contribution >= 4 is 28.7 Å². The minimum Gasteiger partial charge on any atom is -0.490 e. The highest BCUT2D eigenvalue weighted by molar-refractivity contribution is 14.1. The topological polar surface area (TPSA) is 40.0 Å². The van der Waals surface area contributed by atoms with Crippen molar-refractivity contribution < 1.29 is 12.6 Å². The van der Waals surface area contributed by atoms with Gasteiger partial charge in [-0.1, -0.05) is 35.5 Å². The third kappa shape index (κ3) is 3.40. The molecular weight excluding hydrogens is 405 g/mol. The molecule has 0 atom stereocenters. The summed E-state index contributed by atoms with van der Waals surface area (Å²) in [7, 11) is 1.67. The first kappa shape index (κ1) is 16.0. The van der Waals surface area contributed by atoms with Gasteiger partial charge in [0.05, 0.1) is 6.61 Å². The summed E-state index contributed by atoms with van der Waals surface area (Å²) in [5.74, 6) is 0.805. The zero-order valence-electron chi connectivity index (χ0n) is 12.7. The van der Waals surface area contributed by atoms with E-state index in [1.54, 1.807) is 30.1 Å². The van der Waals surface area contributed by atoms with Crippen molar-refractivity contribution in [1.82, 2.24) is 0 Å².